The van der Waals surface area contributed by atoms with Gasteiger partial charge in [-0.1, -0.05) is 17.7 Å². The Bertz CT molecular complexity index is 727. The molecule has 6 heteroatoms. The molecule has 3 rings (SSSR count). The van der Waals surface area contributed by atoms with E-state index in [1.54, 1.807) is 16.7 Å². The molecule has 21 heavy (non-hydrogen) atoms. The number of benzene rings is 1. The fraction of sp³-hybridized carbons (Fsp3) is 0.333. The van der Waals surface area contributed by atoms with Crippen LogP contribution in [0.5, 0.6) is 0 Å². The zero-order valence-corrected chi connectivity index (χ0v) is 12.2. The van der Waals surface area contributed by atoms with Crippen molar-refractivity contribution in [3.8, 4) is 0 Å². The Morgan fingerprint density at radius 2 is 2.24 bits per heavy atom. The minimum Gasteiger partial charge on any atom is -0.391 e. The number of aliphatic hydroxyl groups is 1. The molecule has 0 fully saturated rings. The molecule has 2 N–H and O–H groups in total. The van der Waals surface area contributed by atoms with Crippen molar-refractivity contribution in [3.63, 3.8) is 0 Å². The third kappa shape index (κ3) is 2.80. The zero-order chi connectivity index (χ0) is 14.8. The van der Waals surface area contributed by atoms with Crippen molar-refractivity contribution in [2.45, 2.75) is 32.4 Å². The lowest BCUT2D eigenvalue weighted by molar-refractivity contribution is 0.278. The number of rotatable bonds is 3. The van der Waals surface area contributed by atoms with E-state index in [9.17, 15) is 9.90 Å². The van der Waals surface area contributed by atoms with Gasteiger partial charge in [0.05, 0.1) is 12.2 Å². The number of hydrogen-bond donors (Lipinski definition) is 2. The molecule has 5 nitrogen and oxygen atoms in total. The smallest absolute Gasteiger partial charge is 0.261 e. The molecule has 0 spiro atoms. The summed E-state index contributed by atoms with van der Waals surface area (Å²) >= 11 is 5.96. The fourth-order valence-corrected chi connectivity index (χ4v) is 2.75. The summed E-state index contributed by atoms with van der Waals surface area (Å²) in [6, 6.07) is 7.18. The van der Waals surface area contributed by atoms with E-state index in [4.69, 9.17) is 11.6 Å². The SMILES string of the molecule is O=c1c(CO)c(Nc2cccc(Cl)c2)nc2n1CCCC2. The molecule has 2 aromatic rings. The lowest BCUT2D eigenvalue weighted by atomic mass is 10.1. The van der Waals surface area contributed by atoms with Gasteiger partial charge in [-0.2, -0.15) is 0 Å². The third-order valence-electron chi connectivity index (χ3n) is 3.62. The number of halogens is 1. The Balaban J connectivity index is 2.05. The lowest BCUT2D eigenvalue weighted by Crippen LogP contribution is -2.31. The van der Waals surface area contributed by atoms with Crippen LogP contribution in [0.2, 0.25) is 5.02 Å². The van der Waals surface area contributed by atoms with Gasteiger partial charge in [0.25, 0.3) is 5.56 Å². The van der Waals surface area contributed by atoms with Crippen LogP contribution >= 0.6 is 11.6 Å². The van der Waals surface area contributed by atoms with Gasteiger partial charge in [-0.25, -0.2) is 4.98 Å². The number of aryl methyl sites for hydroxylation is 1. The average Bonchev–Trinajstić information content (AvgIpc) is 2.48. The first-order chi connectivity index (χ1) is 10.2. The monoisotopic (exact) mass is 305 g/mol. The highest BCUT2D eigenvalue weighted by Gasteiger charge is 2.18. The van der Waals surface area contributed by atoms with Gasteiger partial charge < -0.3 is 10.4 Å². The van der Waals surface area contributed by atoms with Crippen molar-refractivity contribution in [2.24, 2.45) is 0 Å². The highest BCUT2D eigenvalue weighted by molar-refractivity contribution is 6.30. The number of aromatic nitrogens is 2. The second-order valence-electron chi connectivity index (χ2n) is 5.06. The van der Waals surface area contributed by atoms with Gasteiger partial charge in [-0.05, 0) is 31.0 Å². The van der Waals surface area contributed by atoms with Crippen LogP contribution in [0.3, 0.4) is 0 Å². The molecular weight excluding hydrogens is 290 g/mol. The zero-order valence-electron chi connectivity index (χ0n) is 11.5. The molecule has 110 valence electrons. The summed E-state index contributed by atoms with van der Waals surface area (Å²) in [7, 11) is 0. The molecule has 1 aromatic heterocycles. The van der Waals surface area contributed by atoms with Crippen LogP contribution in [0.25, 0.3) is 0 Å². The van der Waals surface area contributed by atoms with Crippen LogP contribution in [0, 0.1) is 0 Å². The van der Waals surface area contributed by atoms with Crippen LogP contribution in [0.1, 0.15) is 24.2 Å². The first-order valence-electron chi connectivity index (χ1n) is 6.95. The van der Waals surface area contributed by atoms with Crippen LogP contribution in [-0.4, -0.2) is 14.7 Å². The van der Waals surface area contributed by atoms with Crippen molar-refractivity contribution in [2.75, 3.05) is 5.32 Å². The predicted octanol–water partition coefficient (Wildman–Crippen LogP) is 2.47. The second-order valence-corrected chi connectivity index (χ2v) is 5.50. The normalized spacial score (nSPS) is 13.8. The Hall–Kier alpha value is -1.85. The molecular formula is C15H16ClN3O2. The summed E-state index contributed by atoms with van der Waals surface area (Å²) in [6.07, 6.45) is 2.78. The van der Waals surface area contributed by atoms with E-state index < -0.39 is 0 Å². The molecule has 0 radical (unpaired) electrons. The van der Waals surface area contributed by atoms with Gasteiger partial charge in [0.1, 0.15) is 11.6 Å². The van der Waals surface area contributed by atoms with Crippen molar-refractivity contribution in [1.29, 1.82) is 0 Å². The van der Waals surface area contributed by atoms with Crippen LogP contribution in [0.15, 0.2) is 29.1 Å². The summed E-state index contributed by atoms with van der Waals surface area (Å²) < 4.78 is 1.66. The first kappa shape index (κ1) is 14.1. The van der Waals surface area contributed by atoms with Crippen molar-refractivity contribution < 1.29 is 5.11 Å². The Labute approximate surface area is 127 Å². The molecule has 1 aromatic carbocycles. The number of hydrogen-bond acceptors (Lipinski definition) is 4. The molecule has 0 atom stereocenters. The van der Waals surface area contributed by atoms with Gasteiger partial charge in [0, 0.05) is 23.7 Å². The molecule has 0 saturated carbocycles. The molecule has 2 heterocycles. The second kappa shape index (κ2) is 5.87. The van der Waals surface area contributed by atoms with Crippen LogP contribution in [0.4, 0.5) is 11.5 Å². The summed E-state index contributed by atoms with van der Waals surface area (Å²) in [5.41, 5.74) is 0.872. The van der Waals surface area contributed by atoms with E-state index in [0.29, 0.717) is 22.9 Å². The third-order valence-corrected chi connectivity index (χ3v) is 3.85. The predicted molar refractivity (Wildman–Crippen MR) is 82.1 cm³/mol. The number of aliphatic hydroxyl groups excluding tert-OH is 1. The Kier molecular flexibility index (Phi) is 3.94. The maximum atomic E-state index is 12.4. The number of nitrogens with zero attached hydrogens (tertiary/aromatic N) is 2. The van der Waals surface area contributed by atoms with Gasteiger partial charge in [0.2, 0.25) is 0 Å². The van der Waals surface area contributed by atoms with E-state index in [-0.39, 0.29) is 12.2 Å². The van der Waals surface area contributed by atoms with Gasteiger partial charge >= 0.3 is 0 Å². The molecule has 0 bridgehead atoms. The molecule has 1 aliphatic rings. The van der Waals surface area contributed by atoms with E-state index in [2.05, 4.69) is 10.3 Å². The van der Waals surface area contributed by atoms with E-state index >= 15 is 0 Å². The topological polar surface area (TPSA) is 67.2 Å². The molecule has 0 unspecified atom stereocenters. The van der Waals surface area contributed by atoms with E-state index in [0.717, 1.165) is 30.8 Å². The molecule has 0 aliphatic carbocycles. The summed E-state index contributed by atoms with van der Waals surface area (Å²) in [5.74, 6) is 1.19. The van der Waals surface area contributed by atoms with Crippen molar-refractivity contribution in [3.05, 3.63) is 51.0 Å². The average molecular weight is 306 g/mol. The van der Waals surface area contributed by atoms with E-state index in [1.807, 2.05) is 12.1 Å². The Morgan fingerprint density at radius 3 is 3.00 bits per heavy atom. The first-order valence-corrected chi connectivity index (χ1v) is 7.33. The number of anilines is 2. The van der Waals surface area contributed by atoms with Crippen molar-refractivity contribution >= 4 is 23.1 Å². The minimum absolute atomic E-state index is 0.160. The standard InChI is InChI=1S/C15H16ClN3O2/c16-10-4-3-5-11(8-10)17-14-12(9-20)15(21)19-7-2-1-6-13(19)18-14/h3-5,8,17,20H,1-2,6-7,9H2. The lowest BCUT2D eigenvalue weighted by Gasteiger charge is -2.20. The van der Waals surface area contributed by atoms with Crippen molar-refractivity contribution in [1.82, 2.24) is 9.55 Å². The molecule has 1 aliphatic heterocycles. The molecule has 0 saturated heterocycles. The van der Waals surface area contributed by atoms with Gasteiger partial charge in [0.15, 0.2) is 0 Å². The maximum absolute atomic E-state index is 12.4. The quantitative estimate of drug-likeness (QED) is 0.914. The molecule has 0 amide bonds. The summed E-state index contributed by atoms with van der Waals surface area (Å²) in [5, 5.41) is 13.2. The van der Waals surface area contributed by atoms with Gasteiger partial charge in [-0.15, -0.1) is 0 Å². The van der Waals surface area contributed by atoms with Crippen LogP contribution < -0.4 is 10.9 Å². The van der Waals surface area contributed by atoms with E-state index in [1.165, 1.54) is 0 Å². The highest BCUT2D eigenvalue weighted by Crippen LogP contribution is 2.22. The largest absolute Gasteiger partial charge is 0.391 e. The van der Waals surface area contributed by atoms with Gasteiger partial charge in [-0.3, -0.25) is 9.36 Å². The Morgan fingerprint density at radius 1 is 1.38 bits per heavy atom. The number of fused-ring (bicyclic) bond motifs is 1. The summed E-state index contributed by atoms with van der Waals surface area (Å²) in [4.78, 5) is 16.9. The minimum atomic E-state index is -0.338. The number of nitrogens with one attached hydrogen (secondary N) is 1. The summed E-state index contributed by atoms with van der Waals surface area (Å²) in [6.45, 7) is 0.334. The van der Waals surface area contributed by atoms with Crippen LogP contribution in [-0.2, 0) is 19.6 Å². The highest BCUT2D eigenvalue weighted by atomic mass is 35.5. The maximum Gasteiger partial charge on any atom is 0.261 e. The fourth-order valence-electron chi connectivity index (χ4n) is 2.56.